The van der Waals surface area contributed by atoms with Crippen molar-refractivity contribution in [2.24, 2.45) is 5.92 Å². The molecule has 4 nitrogen and oxygen atoms in total. The van der Waals surface area contributed by atoms with Crippen LogP contribution in [0.3, 0.4) is 0 Å². The third kappa shape index (κ3) is 2.23. The van der Waals surface area contributed by atoms with Gasteiger partial charge in [0.2, 0.25) is 0 Å². The highest BCUT2D eigenvalue weighted by atomic mass is 16.5. The number of aliphatic carboxylic acids is 1. The fourth-order valence-electron chi connectivity index (χ4n) is 3.34. The van der Waals surface area contributed by atoms with Crippen LogP contribution in [0.25, 0.3) is 0 Å². The van der Waals surface area contributed by atoms with Gasteiger partial charge in [0.1, 0.15) is 11.5 Å². The van der Waals surface area contributed by atoms with Crippen molar-refractivity contribution in [2.45, 2.75) is 38.5 Å². The van der Waals surface area contributed by atoms with Crippen LogP contribution in [0, 0.1) is 12.8 Å². The first-order valence-electron chi connectivity index (χ1n) is 7.16. The predicted molar refractivity (Wildman–Crippen MR) is 74.6 cm³/mol. The summed E-state index contributed by atoms with van der Waals surface area (Å²) in [6, 6.07) is 2.01. The van der Waals surface area contributed by atoms with E-state index in [1.54, 1.807) is 7.11 Å². The number of aryl methyl sites for hydroxylation is 1. The molecule has 0 aromatic heterocycles. The second kappa shape index (κ2) is 5.00. The zero-order valence-electron chi connectivity index (χ0n) is 11.9. The molecule has 1 aromatic rings. The predicted octanol–water partition coefficient (Wildman–Crippen LogP) is 2.91. The molecule has 1 aromatic carbocycles. The molecule has 1 heterocycles. The molecule has 1 saturated carbocycles. The highest BCUT2D eigenvalue weighted by Crippen LogP contribution is 2.51. The molecule has 1 unspecified atom stereocenters. The van der Waals surface area contributed by atoms with Crippen molar-refractivity contribution < 1.29 is 19.4 Å². The van der Waals surface area contributed by atoms with Crippen LogP contribution in [0.1, 0.15) is 41.9 Å². The van der Waals surface area contributed by atoms with Gasteiger partial charge in [-0.2, -0.15) is 0 Å². The summed E-state index contributed by atoms with van der Waals surface area (Å²) in [7, 11) is 1.67. The Morgan fingerprint density at radius 3 is 2.90 bits per heavy atom. The van der Waals surface area contributed by atoms with Crippen molar-refractivity contribution >= 4 is 5.97 Å². The lowest BCUT2D eigenvalue weighted by Gasteiger charge is -2.22. The minimum Gasteiger partial charge on any atom is -0.496 e. The Bertz CT molecular complexity index is 542. The Morgan fingerprint density at radius 1 is 1.55 bits per heavy atom. The maximum Gasteiger partial charge on any atom is 0.303 e. The molecular formula is C16H20O4. The van der Waals surface area contributed by atoms with Crippen LogP contribution in [0.15, 0.2) is 6.07 Å². The largest absolute Gasteiger partial charge is 0.496 e. The molecule has 0 bridgehead atoms. The van der Waals surface area contributed by atoms with Crippen LogP contribution in [-0.4, -0.2) is 24.8 Å². The first-order valence-corrected chi connectivity index (χ1v) is 7.16. The second-order valence-electron chi connectivity index (χ2n) is 5.76. The van der Waals surface area contributed by atoms with Crippen molar-refractivity contribution in [3.05, 3.63) is 22.8 Å². The summed E-state index contributed by atoms with van der Waals surface area (Å²) >= 11 is 0. The maximum atomic E-state index is 11.2. The van der Waals surface area contributed by atoms with E-state index in [-0.39, 0.29) is 12.3 Å². The number of fused-ring (bicyclic) bond motifs is 1. The maximum absolute atomic E-state index is 11.2. The van der Waals surface area contributed by atoms with Gasteiger partial charge in [0.05, 0.1) is 20.1 Å². The third-order valence-corrected chi connectivity index (χ3v) is 4.34. The van der Waals surface area contributed by atoms with E-state index in [4.69, 9.17) is 9.47 Å². The van der Waals surface area contributed by atoms with Crippen LogP contribution in [0.4, 0.5) is 0 Å². The van der Waals surface area contributed by atoms with E-state index < -0.39 is 5.97 Å². The van der Waals surface area contributed by atoms with Crippen molar-refractivity contribution in [2.75, 3.05) is 13.7 Å². The summed E-state index contributed by atoms with van der Waals surface area (Å²) in [6.45, 7) is 2.68. The molecule has 1 aliphatic carbocycles. The molecule has 1 N–H and O–H groups in total. The van der Waals surface area contributed by atoms with E-state index in [0.29, 0.717) is 12.5 Å². The highest BCUT2D eigenvalue weighted by molar-refractivity contribution is 5.69. The number of rotatable bonds is 5. The van der Waals surface area contributed by atoms with Gasteiger partial charge in [-0.05, 0) is 37.3 Å². The molecule has 0 saturated heterocycles. The molecule has 20 heavy (non-hydrogen) atoms. The van der Waals surface area contributed by atoms with Gasteiger partial charge < -0.3 is 14.6 Å². The lowest BCUT2D eigenvalue weighted by atomic mass is 9.84. The zero-order valence-corrected chi connectivity index (χ0v) is 11.9. The fraction of sp³-hybridized carbons (Fsp3) is 0.562. The van der Waals surface area contributed by atoms with E-state index in [2.05, 4.69) is 0 Å². The molecule has 3 rings (SSSR count). The minimum atomic E-state index is -0.738. The molecule has 0 radical (unpaired) electrons. The molecule has 1 atom stereocenters. The van der Waals surface area contributed by atoms with Crippen molar-refractivity contribution in [1.82, 2.24) is 0 Å². The zero-order chi connectivity index (χ0) is 14.3. The molecule has 2 aliphatic rings. The number of benzene rings is 1. The summed E-state index contributed by atoms with van der Waals surface area (Å²) in [6.07, 6.45) is 3.26. The number of carboxylic acids is 1. The first kappa shape index (κ1) is 13.3. The Balaban J connectivity index is 2.12. The first-order chi connectivity index (χ1) is 9.61. The summed E-state index contributed by atoms with van der Waals surface area (Å²) in [4.78, 5) is 11.2. The van der Waals surface area contributed by atoms with Gasteiger partial charge >= 0.3 is 5.97 Å². The summed E-state index contributed by atoms with van der Waals surface area (Å²) in [5.74, 6) is 1.56. The van der Waals surface area contributed by atoms with Crippen LogP contribution in [0.5, 0.6) is 11.5 Å². The van der Waals surface area contributed by atoms with Gasteiger partial charge in [0.25, 0.3) is 0 Å². The van der Waals surface area contributed by atoms with Crippen LogP contribution >= 0.6 is 0 Å². The van der Waals surface area contributed by atoms with Crippen LogP contribution < -0.4 is 9.47 Å². The Kier molecular flexibility index (Phi) is 3.32. The SMILES string of the molecule is COc1c(C)cc2c(c1C(CC(=O)O)C1CC1)CCO2. The van der Waals surface area contributed by atoms with E-state index in [9.17, 15) is 9.90 Å². The quantitative estimate of drug-likeness (QED) is 0.898. The summed E-state index contributed by atoms with van der Waals surface area (Å²) in [5.41, 5.74) is 3.27. The monoisotopic (exact) mass is 276 g/mol. The standard InChI is InChI=1S/C16H20O4/c1-9-7-13-11(5-6-20-13)15(16(9)19-2)12(8-14(17)18)10-3-4-10/h7,10,12H,3-6,8H2,1-2H3,(H,17,18). The normalized spacial score (nSPS) is 18.3. The second-order valence-corrected chi connectivity index (χ2v) is 5.76. The fourth-order valence-corrected chi connectivity index (χ4v) is 3.34. The number of ether oxygens (including phenoxy) is 2. The Hall–Kier alpha value is -1.71. The number of carbonyl (C=O) groups is 1. The van der Waals surface area contributed by atoms with Crippen molar-refractivity contribution in [3.8, 4) is 11.5 Å². The Morgan fingerprint density at radius 2 is 2.30 bits per heavy atom. The summed E-state index contributed by atoms with van der Waals surface area (Å²) in [5, 5.41) is 9.23. The average molecular weight is 276 g/mol. The van der Waals surface area contributed by atoms with E-state index in [1.165, 1.54) is 0 Å². The smallest absolute Gasteiger partial charge is 0.303 e. The molecular weight excluding hydrogens is 256 g/mol. The molecule has 1 aliphatic heterocycles. The molecule has 4 heteroatoms. The lowest BCUT2D eigenvalue weighted by Crippen LogP contribution is -2.12. The highest BCUT2D eigenvalue weighted by Gasteiger charge is 2.38. The molecule has 108 valence electrons. The number of carboxylic acid groups (broad SMARTS) is 1. The number of hydrogen-bond acceptors (Lipinski definition) is 3. The van der Waals surface area contributed by atoms with Gasteiger partial charge in [-0.15, -0.1) is 0 Å². The molecule has 0 spiro atoms. The van der Waals surface area contributed by atoms with Gasteiger partial charge in [0, 0.05) is 23.5 Å². The molecule has 0 amide bonds. The number of hydrogen-bond donors (Lipinski definition) is 1. The van der Waals surface area contributed by atoms with Crippen molar-refractivity contribution in [1.29, 1.82) is 0 Å². The Labute approximate surface area is 118 Å². The van der Waals surface area contributed by atoms with Gasteiger partial charge in [-0.3, -0.25) is 4.79 Å². The van der Waals surface area contributed by atoms with Gasteiger partial charge in [-0.25, -0.2) is 0 Å². The lowest BCUT2D eigenvalue weighted by molar-refractivity contribution is -0.137. The van der Waals surface area contributed by atoms with Gasteiger partial charge in [-0.1, -0.05) is 0 Å². The molecule has 1 fully saturated rings. The van der Waals surface area contributed by atoms with Gasteiger partial charge in [0.15, 0.2) is 0 Å². The van der Waals surface area contributed by atoms with E-state index in [1.807, 2.05) is 13.0 Å². The number of methoxy groups -OCH3 is 1. The van der Waals surface area contributed by atoms with Crippen molar-refractivity contribution in [3.63, 3.8) is 0 Å². The van der Waals surface area contributed by atoms with E-state index in [0.717, 1.165) is 47.5 Å². The van der Waals surface area contributed by atoms with E-state index >= 15 is 0 Å². The average Bonchev–Trinajstić information content (AvgIpc) is 3.13. The summed E-state index contributed by atoms with van der Waals surface area (Å²) < 4.78 is 11.3. The van der Waals surface area contributed by atoms with Crippen LogP contribution in [0.2, 0.25) is 0 Å². The third-order valence-electron chi connectivity index (χ3n) is 4.34. The van der Waals surface area contributed by atoms with Crippen LogP contribution in [-0.2, 0) is 11.2 Å². The minimum absolute atomic E-state index is 0.0535. The topological polar surface area (TPSA) is 55.8 Å².